The number of aliphatic hydroxyl groups excluding tert-OH is 1. The molecule has 1 aliphatic heterocycles. The van der Waals surface area contributed by atoms with Crippen LogP contribution in [0.15, 0.2) is 6.20 Å². The second-order valence-electron chi connectivity index (χ2n) is 4.63. The fourth-order valence-electron chi connectivity index (χ4n) is 2.35. The molecule has 1 aromatic rings. The van der Waals surface area contributed by atoms with Crippen molar-refractivity contribution in [2.45, 2.75) is 33.2 Å². The van der Waals surface area contributed by atoms with Crippen LogP contribution in [0, 0.1) is 19.8 Å². The quantitative estimate of drug-likeness (QED) is 0.818. The number of nitrogens with zero attached hydrogens (tertiary/aromatic N) is 3. The number of hydrogen-bond donors (Lipinski definition) is 1. The van der Waals surface area contributed by atoms with Crippen LogP contribution in [0.2, 0.25) is 0 Å². The average molecular weight is 221 g/mol. The van der Waals surface area contributed by atoms with E-state index in [0.29, 0.717) is 5.92 Å². The van der Waals surface area contributed by atoms with Crippen molar-refractivity contribution in [3.8, 4) is 0 Å². The third-order valence-corrected chi connectivity index (χ3v) is 3.39. The fraction of sp³-hybridized carbons (Fsp3) is 0.667. The molecule has 0 radical (unpaired) electrons. The van der Waals surface area contributed by atoms with Crippen LogP contribution in [-0.4, -0.2) is 34.3 Å². The minimum absolute atomic E-state index is 0.190. The van der Waals surface area contributed by atoms with Gasteiger partial charge in [-0.25, -0.2) is 4.98 Å². The third-order valence-electron chi connectivity index (χ3n) is 3.39. The van der Waals surface area contributed by atoms with Gasteiger partial charge in [-0.3, -0.25) is 4.98 Å². The van der Waals surface area contributed by atoms with Crippen molar-refractivity contribution in [1.29, 1.82) is 0 Å². The van der Waals surface area contributed by atoms with Gasteiger partial charge in [0, 0.05) is 12.7 Å². The molecule has 1 aromatic heterocycles. The van der Waals surface area contributed by atoms with Gasteiger partial charge in [-0.2, -0.15) is 0 Å². The number of rotatable bonds is 2. The molecule has 16 heavy (non-hydrogen) atoms. The summed E-state index contributed by atoms with van der Waals surface area (Å²) in [5.74, 6) is 1.45. The van der Waals surface area contributed by atoms with Crippen molar-refractivity contribution in [2.75, 3.05) is 18.1 Å². The van der Waals surface area contributed by atoms with Gasteiger partial charge in [0.1, 0.15) is 0 Å². The number of hydrogen-bond acceptors (Lipinski definition) is 4. The molecule has 0 amide bonds. The first-order valence-corrected chi connectivity index (χ1v) is 5.81. The van der Waals surface area contributed by atoms with Crippen LogP contribution in [0.25, 0.3) is 0 Å². The summed E-state index contributed by atoms with van der Waals surface area (Å²) in [6, 6.07) is 0.190. The van der Waals surface area contributed by atoms with Gasteiger partial charge in [-0.05, 0) is 26.2 Å². The van der Waals surface area contributed by atoms with Crippen molar-refractivity contribution >= 4 is 5.82 Å². The Hall–Kier alpha value is -1.16. The highest BCUT2D eigenvalue weighted by Crippen LogP contribution is 2.29. The molecule has 2 unspecified atom stereocenters. The fourth-order valence-corrected chi connectivity index (χ4v) is 2.35. The van der Waals surface area contributed by atoms with E-state index in [1.54, 1.807) is 6.20 Å². The van der Waals surface area contributed by atoms with Crippen LogP contribution in [0.5, 0.6) is 0 Å². The van der Waals surface area contributed by atoms with Crippen LogP contribution in [0.3, 0.4) is 0 Å². The molecule has 2 heterocycles. The highest BCUT2D eigenvalue weighted by Gasteiger charge is 2.32. The van der Waals surface area contributed by atoms with Gasteiger partial charge >= 0.3 is 0 Å². The van der Waals surface area contributed by atoms with E-state index in [-0.39, 0.29) is 12.6 Å². The topological polar surface area (TPSA) is 49.2 Å². The predicted molar refractivity (Wildman–Crippen MR) is 63.5 cm³/mol. The molecule has 4 heteroatoms. The highest BCUT2D eigenvalue weighted by atomic mass is 16.3. The van der Waals surface area contributed by atoms with Gasteiger partial charge in [0.05, 0.1) is 24.0 Å². The minimum atomic E-state index is 0.190. The van der Waals surface area contributed by atoms with E-state index < -0.39 is 0 Å². The molecule has 2 atom stereocenters. The molecular weight excluding hydrogens is 202 g/mol. The number of aliphatic hydroxyl groups is 1. The van der Waals surface area contributed by atoms with Crippen LogP contribution >= 0.6 is 0 Å². The Labute approximate surface area is 96.3 Å². The first-order chi connectivity index (χ1) is 7.63. The standard InChI is InChI=1S/C12H19N3O/c1-8-4-5-15(11(8)7-16)12-10(3)13-6-9(2)14-12/h6,8,11,16H,4-5,7H2,1-3H3. The van der Waals surface area contributed by atoms with E-state index in [1.807, 2.05) is 13.8 Å². The maximum Gasteiger partial charge on any atom is 0.150 e. The molecule has 1 fully saturated rings. The molecule has 0 aromatic carbocycles. The highest BCUT2D eigenvalue weighted by molar-refractivity contribution is 5.45. The Morgan fingerprint density at radius 3 is 2.94 bits per heavy atom. The van der Waals surface area contributed by atoms with Crippen molar-refractivity contribution in [3.05, 3.63) is 17.6 Å². The van der Waals surface area contributed by atoms with Crippen molar-refractivity contribution in [3.63, 3.8) is 0 Å². The Kier molecular flexibility index (Phi) is 3.10. The normalized spacial score (nSPS) is 25.1. The van der Waals surface area contributed by atoms with E-state index in [1.165, 1.54) is 0 Å². The molecule has 4 nitrogen and oxygen atoms in total. The first-order valence-electron chi connectivity index (χ1n) is 5.81. The zero-order valence-corrected chi connectivity index (χ0v) is 10.1. The van der Waals surface area contributed by atoms with E-state index in [9.17, 15) is 5.11 Å². The van der Waals surface area contributed by atoms with E-state index in [0.717, 1.165) is 30.2 Å². The molecular formula is C12H19N3O. The number of aromatic nitrogens is 2. The van der Waals surface area contributed by atoms with Crippen molar-refractivity contribution in [2.24, 2.45) is 5.92 Å². The Morgan fingerprint density at radius 1 is 1.50 bits per heavy atom. The van der Waals surface area contributed by atoms with Gasteiger partial charge in [-0.15, -0.1) is 0 Å². The summed E-state index contributed by atoms with van der Waals surface area (Å²) in [7, 11) is 0. The van der Waals surface area contributed by atoms with Crippen molar-refractivity contribution in [1.82, 2.24) is 9.97 Å². The van der Waals surface area contributed by atoms with Crippen LogP contribution < -0.4 is 4.90 Å². The lowest BCUT2D eigenvalue weighted by Gasteiger charge is -2.27. The molecule has 2 rings (SSSR count). The van der Waals surface area contributed by atoms with Crippen LogP contribution in [0.1, 0.15) is 24.7 Å². The molecule has 1 saturated heterocycles. The zero-order chi connectivity index (χ0) is 11.7. The smallest absolute Gasteiger partial charge is 0.150 e. The largest absolute Gasteiger partial charge is 0.394 e. The van der Waals surface area contributed by atoms with E-state index in [2.05, 4.69) is 21.8 Å². The molecule has 88 valence electrons. The first kappa shape index (κ1) is 11.3. The lowest BCUT2D eigenvalue weighted by atomic mass is 10.0. The van der Waals surface area contributed by atoms with Crippen LogP contribution in [-0.2, 0) is 0 Å². The van der Waals surface area contributed by atoms with E-state index >= 15 is 0 Å². The van der Waals surface area contributed by atoms with Crippen LogP contribution in [0.4, 0.5) is 5.82 Å². The summed E-state index contributed by atoms with van der Waals surface area (Å²) >= 11 is 0. The summed E-state index contributed by atoms with van der Waals surface area (Å²) in [6.07, 6.45) is 2.90. The second kappa shape index (κ2) is 4.37. The van der Waals surface area contributed by atoms with Gasteiger partial charge in [0.2, 0.25) is 0 Å². The lowest BCUT2D eigenvalue weighted by molar-refractivity contribution is 0.244. The maximum absolute atomic E-state index is 9.44. The summed E-state index contributed by atoms with van der Waals surface area (Å²) in [5, 5.41) is 9.44. The second-order valence-corrected chi connectivity index (χ2v) is 4.63. The molecule has 0 spiro atoms. The molecule has 1 aliphatic rings. The summed E-state index contributed by atoms with van der Waals surface area (Å²) in [4.78, 5) is 11.1. The maximum atomic E-state index is 9.44. The molecule has 0 bridgehead atoms. The third kappa shape index (κ3) is 1.89. The number of anilines is 1. The Bertz CT molecular complexity index is 381. The average Bonchev–Trinajstić information content (AvgIpc) is 2.63. The Balaban J connectivity index is 2.33. The summed E-state index contributed by atoms with van der Waals surface area (Å²) in [5.41, 5.74) is 1.87. The SMILES string of the molecule is Cc1cnc(C)c(N2CCC(C)C2CO)n1. The number of aryl methyl sites for hydroxylation is 2. The van der Waals surface area contributed by atoms with Crippen molar-refractivity contribution < 1.29 is 5.11 Å². The Morgan fingerprint density at radius 2 is 2.25 bits per heavy atom. The van der Waals surface area contributed by atoms with Gasteiger partial charge in [-0.1, -0.05) is 6.92 Å². The predicted octanol–water partition coefficient (Wildman–Crippen LogP) is 1.30. The zero-order valence-electron chi connectivity index (χ0n) is 10.1. The minimum Gasteiger partial charge on any atom is -0.394 e. The monoisotopic (exact) mass is 221 g/mol. The van der Waals surface area contributed by atoms with E-state index in [4.69, 9.17) is 0 Å². The van der Waals surface area contributed by atoms with Gasteiger partial charge in [0.15, 0.2) is 5.82 Å². The molecule has 1 N–H and O–H groups in total. The van der Waals surface area contributed by atoms with Gasteiger partial charge in [0.25, 0.3) is 0 Å². The summed E-state index contributed by atoms with van der Waals surface area (Å²) < 4.78 is 0. The molecule has 0 aliphatic carbocycles. The summed E-state index contributed by atoms with van der Waals surface area (Å²) in [6.45, 7) is 7.25. The molecule has 0 saturated carbocycles. The van der Waals surface area contributed by atoms with Gasteiger partial charge < -0.3 is 10.0 Å². The lowest BCUT2D eigenvalue weighted by Crippen LogP contribution is -2.36.